The zero-order valence-electron chi connectivity index (χ0n) is 12.9. The van der Waals surface area contributed by atoms with Crippen molar-refractivity contribution in [1.29, 1.82) is 0 Å². The molecule has 1 amide bonds. The Morgan fingerprint density at radius 1 is 1.23 bits per heavy atom. The molecule has 0 aliphatic rings. The van der Waals surface area contributed by atoms with Crippen molar-refractivity contribution in [3.05, 3.63) is 41.3 Å². The summed E-state index contributed by atoms with van der Waals surface area (Å²) >= 11 is 3.32. The highest BCUT2D eigenvalue weighted by molar-refractivity contribution is 7.98. The zero-order chi connectivity index (χ0) is 15.8. The van der Waals surface area contributed by atoms with Crippen LogP contribution in [0, 0.1) is 0 Å². The van der Waals surface area contributed by atoms with Gasteiger partial charge in [-0.1, -0.05) is 0 Å². The second-order valence-electron chi connectivity index (χ2n) is 4.72. The van der Waals surface area contributed by atoms with Crippen LogP contribution in [0.1, 0.15) is 23.0 Å². The van der Waals surface area contributed by atoms with Crippen LogP contribution >= 0.6 is 23.1 Å². The van der Waals surface area contributed by atoms with Crippen molar-refractivity contribution in [3.8, 4) is 16.2 Å². The fourth-order valence-corrected chi connectivity index (χ4v) is 3.36. The second-order valence-corrected chi connectivity index (χ2v) is 6.79. The van der Waals surface area contributed by atoms with Gasteiger partial charge in [0.15, 0.2) is 0 Å². The van der Waals surface area contributed by atoms with Gasteiger partial charge < -0.3 is 10.1 Å². The molecular formula is C17H21NO2S2. The SMILES string of the molecule is CCOc1ccc(-c2ccc(C(=O)NCCCSC)s2)cc1. The zero-order valence-corrected chi connectivity index (χ0v) is 14.6. The third-order valence-corrected chi connectivity index (χ3v) is 4.92. The normalized spacial score (nSPS) is 10.5. The van der Waals surface area contributed by atoms with Crippen LogP contribution in [0.25, 0.3) is 10.4 Å². The van der Waals surface area contributed by atoms with Gasteiger partial charge in [0.25, 0.3) is 5.91 Å². The molecule has 0 fully saturated rings. The van der Waals surface area contributed by atoms with E-state index in [1.54, 1.807) is 11.8 Å². The van der Waals surface area contributed by atoms with Gasteiger partial charge in [0, 0.05) is 11.4 Å². The number of nitrogens with one attached hydrogen (secondary N) is 1. The molecule has 22 heavy (non-hydrogen) atoms. The summed E-state index contributed by atoms with van der Waals surface area (Å²) in [6, 6.07) is 11.9. The molecule has 0 aliphatic heterocycles. The van der Waals surface area contributed by atoms with E-state index in [1.165, 1.54) is 11.3 Å². The fourth-order valence-electron chi connectivity index (χ4n) is 2.00. The molecule has 1 heterocycles. The van der Waals surface area contributed by atoms with Gasteiger partial charge in [-0.15, -0.1) is 11.3 Å². The van der Waals surface area contributed by atoms with E-state index in [-0.39, 0.29) is 5.91 Å². The van der Waals surface area contributed by atoms with Gasteiger partial charge in [-0.05, 0) is 67.3 Å². The van der Waals surface area contributed by atoms with Crippen molar-refractivity contribution in [2.24, 2.45) is 0 Å². The van der Waals surface area contributed by atoms with E-state index in [0.717, 1.165) is 39.8 Å². The van der Waals surface area contributed by atoms with E-state index in [1.807, 2.05) is 43.3 Å². The average molecular weight is 335 g/mol. The minimum absolute atomic E-state index is 0.0169. The minimum Gasteiger partial charge on any atom is -0.494 e. The molecule has 0 atom stereocenters. The summed E-state index contributed by atoms with van der Waals surface area (Å²) in [6.07, 6.45) is 3.08. The highest BCUT2D eigenvalue weighted by Crippen LogP contribution is 2.29. The number of benzene rings is 1. The first-order valence-electron chi connectivity index (χ1n) is 7.34. The van der Waals surface area contributed by atoms with Crippen LogP contribution in [0.2, 0.25) is 0 Å². The van der Waals surface area contributed by atoms with Crippen LogP contribution in [-0.2, 0) is 0 Å². The lowest BCUT2D eigenvalue weighted by molar-refractivity contribution is 0.0958. The van der Waals surface area contributed by atoms with Crippen molar-refractivity contribution in [2.75, 3.05) is 25.2 Å². The lowest BCUT2D eigenvalue weighted by atomic mass is 10.2. The van der Waals surface area contributed by atoms with Crippen LogP contribution in [0.15, 0.2) is 36.4 Å². The highest BCUT2D eigenvalue weighted by Gasteiger charge is 2.09. The number of amides is 1. The van der Waals surface area contributed by atoms with Gasteiger partial charge in [-0.2, -0.15) is 11.8 Å². The Hall–Kier alpha value is -1.46. The molecule has 2 aromatic rings. The molecule has 5 heteroatoms. The number of ether oxygens (including phenoxy) is 1. The molecule has 0 radical (unpaired) electrons. The quantitative estimate of drug-likeness (QED) is 0.731. The monoisotopic (exact) mass is 335 g/mol. The van der Waals surface area contributed by atoms with Gasteiger partial charge in [0.2, 0.25) is 0 Å². The summed E-state index contributed by atoms with van der Waals surface area (Å²) in [5, 5.41) is 2.96. The van der Waals surface area contributed by atoms with E-state index in [9.17, 15) is 4.79 Å². The Balaban J connectivity index is 1.96. The van der Waals surface area contributed by atoms with Crippen LogP contribution in [-0.4, -0.2) is 31.1 Å². The van der Waals surface area contributed by atoms with Gasteiger partial charge in [-0.3, -0.25) is 4.79 Å². The summed E-state index contributed by atoms with van der Waals surface area (Å²) in [5.41, 5.74) is 1.11. The maximum Gasteiger partial charge on any atom is 0.261 e. The van der Waals surface area contributed by atoms with Crippen LogP contribution in [0.3, 0.4) is 0 Å². The van der Waals surface area contributed by atoms with Gasteiger partial charge in [0.1, 0.15) is 5.75 Å². The van der Waals surface area contributed by atoms with Gasteiger partial charge in [-0.25, -0.2) is 0 Å². The fraction of sp³-hybridized carbons (Fsp3) is 0.353. The smallest absolute Gasteiger partial charge is 0.261 e. The van der Waals surface area contributed by atoms with Crippen molar-refractivity contribution in [2.45, 2.75) is 13.3 Å². The van der Waals surface area contributed by atoms with Crippen LogP contribution in [0.4, 0.5) is 0 Å². The molecule has 1 N–H and O–H groups in total. The maximum atomic E-state index is 12.1. The van der Waals surface area contributed by atoms with Crippen molar-refractivity contribution < 1.29 is 9.53 Å². The van der Waals surface area contributed by atoms with E-state index in [2.05, 4.69) is 11.6 Å². The molecule has 0 saturated carbocycles. The Morgan fingerprint density at radius 2 is 2.00 bits per heavy atom. The third-order valence-electron chi connectivity index (χ3n) is 3.09. The Bertz CT molecular complexity index is 593. The first-order chi connectivity index (χ1) is 10.7. The molecule has 0 aliphatic carbocycles. The molecule has 1 aromatic carbocycles. The summed E-state index contributed by atoms with van der Waals surface area (Å²) < 4.78 is 5.44. The third kappa shape index (κ3) is 4.78. The number of carbonyl (C=O) groups is 1. The molecule has 0 saturated heterocycles. The molecule has 2 rings (SSSR count). The number of hydrogen-bond donors (Lipinski definition) is 1. The molecule has 118 valence electrons. The lowest BCUT2D eigenvalue weighted by Gasteiger charge is -2.04. The van der Waals surface area contributed by atoms with E-state index in [4.69, 9.17) is 4.74 Å². The first kappa shape index (κ1) is 16.9. The Labute approximate surface area is 140 Å². The summed E-state index contributed by atoms with van der Waals surface area (Å²) in [4.78, 5) is 13.9. The van der Waals surface area contributed by atoms with Crippen molar-refractivity contribution in [3.63, 3.8) is 0 Å². The van der Waals surface area contributed by atoms with Gasteiger partial charge >= 0.3 is 0 Å². The highest BCUT2D eigenvalue weighted by atomic mass is 32.2. The predicted molar refractivity (Wildman–Crippen MR) is 96.3 cm³/mol. The number of thiophene rings is 1. The number of hydrogen-bond acceptors (Lipinski definition) is 4. The molecular weight excluding hydrogens is 314 g/mol. The minimum atomic E-state index is 0.0169. The topological polar surface area (TPSA) is 38.3 Å². The first-order valence-corrected chi connectivity index (χ1v) is 9.56. The predicted octanol–water partition coefficient (Wildman–Crippen LogP) is 4.30. The number of thioether (sulfide) groups is 1. The standard InChI is InChI=1S/C17H21NO2S2/c1-3-20-14-7-5-13(6-8-14)15-9-10-16(22-15)17(19)18-11-4-12-21-2/h5-10H,3-4,11-12H2,1-2H3,(H,18,19). The van der Waals surface area contributed by atoms with Gasteiger partial charge in [0.05, 0.1) is 11.5 Å². The Morgan fingerprint density at radius 3 is 2.68 bits per heavy atom. The molecule has 3 nitrogen and oxygen atoms in total. The van der Waals surface area contributed by atoms with Crippen LogP contribution < -0.4 is 10.1 Å². The average Bonchev–Trinajstić information content (AvgIpc) is 3.02. The summed E-state index contributed by atoms with van der Waals surface area (Å²) in [6.45, 7) is 3.37. The molecule has 1 aromatic heterocycles. The Kier molecular flexibility index (Phi) is 6.80. The van der Waals surface area contributed by atoms with E-state index in [0.29, 0.717) is 6.61 Å². The summed E-state index contributed by atoms with van der Waals surface area (Å²) in [5.74, 6) is 1.96. The molecule has 0 spiro atoms. The van der Waals surface area contributed by atoms with E-state index < -0.39 is 0 Å². The number of rotatable bonds is 8. The lowest BCUT2D eigenvalue weighted by Crippen LogP contribution is -2.23. The maximum absolute atomic E-state index is 12.1. The van der Waals surface area contributed by atoms with Crippen LogP contribution in [0.5, 0.6) is 5.75 Å². The second kappa shape index (κ2) is 8.86. The van der Waals surface area contributed by atoms with Crippen molar-refractivity contribution >= 4 is 29.0 Å². The summed E-state index contributed by atoms with van der Waals surface area (Å²) in [7, 11) is 0. The van der Waals surface area contributed by atoms with Crippen molar-refractivity contribution in [1.82, 2.24) is 5.32 Å². The molecule has 0 bridgehead atoms. The number of carbonyl (C=O) groups excluding carboxylic acids is 1. The molecule has 0 unspecified atom stereocenters. The van der Waals surface area contributed by atoms with E-state index >= 15 is 0 Å². The largest absolute Gasteiger partial charge is 0.494 e.